The fourth-order valence-electron chi connectivity index (χ4n) is 2.90. The van der Waals surface area contributed by atoms with Gasteiger partial charge in [0.05, 0.1) is 6.61 Å². The Morgan fingerprint density at radius 3 is 1.46 bits per heavy atom. The summed E-state index contributed by atoms with van der Waals surface area (Å²) in [7, 11) is 0. The number of halogens is 2. The third kappa shape index (κ3) is 11.9. The van der Waals surface area contributed by atoms with Crippen molar-refractivity contribution < 1.29 is 74.8 Å². The van der Waals surface area contributed by atoms with Crippen LogP contribution in [-0.2, 0) is 56.6 Å². The summed E-state index contributed by atoms with van der Waals surface area (Å²) in [6.45, 7) is 15.0. The molecule has 0 saturated carbocycles. The van der Waals surface area contributed by atoms with E-state index in [-0.39, 0.29) is 92.5 Å². The zero-order chi connectivity index (χ0) is 29.8. The van der Waals surface area contributed by atoms with Gasteiger partial charge in [-0.25, -0.2) is 29.1 Å². The first-order valence-corrected chi connectivity index (χ1v) is 12.1. The largest absolute Gasteiger partial charge is 0.496 e. The van der Waals surface area contributed by atoms with E-state index in [1.54, 1.807) is 0 Å². The van der Waals surface area contributed by atoms with Gasteiger partial charge in [-0.2, -0.15) is 0 Å². The molecular formula is C31H31F2O7Y-. The van der Waals surface area contributed by atoms with Crippen LogP contribution in [0, 0.1) is 5.92 Å². The Balaban J connectivity index is 0.00000840. The van der Waals surface area contributed by atoms with Crippen molar-refractivity contribution in [1.29, 1.82) is 0 Å². The van der Waals surface area contributed by atoms with Gasteiger partial charge >= 0.3 is 17.9 Å². The molecule has 2 aromatic carbocycles. The summed E-state index contributed by atoms with van der Waals surface area (Å²) in [5, 5.41) is 0. The summed E-state index contributed by atoms with van der Waals surface area (Å²) in [5.74, 6) is -2.80. The van der Waals surface area contributed by atoms with Crippen molar-refractivity contribution in [2.45, 2.75) is 27.2 Å². The molecule has 0 aliphatic carbocycles. The normalized spacial score (nSPS) is 11.0. The number of hydrogen-bond acceptors (Lipinski definition) is 7. The molecular weight excluding hydrogens is 611 g/mol. The maximum Gasteiger partial charge on any atom is 0.338 e. The Morgan fingerprint density at radius 2 is 1.07 bits per heavy atom. The van der Waals surface area contributed by atoms with E-state index in [9.17, 15) is 23.2 Å². The minimum absolute atomic E-state index is 0. The number of esters is 3. The quantitative estimate of drug-likeness (QED) is 0.0764. The molecule has 0 aromatic heterocycles. The molecule has 0 aliphatic rings. The van der Waals surface area contributed by atoms with Crippen LogP contribution in [-0.4, -0.2) is 37.7 Å². The number of rotatable bonds is 14. The van der Waals surface area contributed by atoms with E-state index in [2.05, 4.69) is 19.7 Å². The van der Waals surface area contributed by atoms with Crippen LogP contribution in [0.4, 0.5) is 8.78 Å². The van der Waals surface area contributed by atoms with Crippen LogP contribution in [0.2, 0.25) is 0 Å². The predicted octanol–water partition coefficient (Wildman–Crippen LogP) is 6.51. The van der Waals surface area contributed by atoms with Gasteiger partial charge in [0.15, 0.2) is 11.7 Å². The number of ether oxygens (including phenoxy) is 4. The van der Waals surface area contributed by atoms with Gasteiger partial charge in [-0.15, -0.1) is 6.42 Å². The van der Waals surface area contributed by atoms with Crippen LogP contribution >= 0.6 is 0 Å². The van der Waals surface area contributed by atoms with E-state index in [1.807, 2.05) is 0 Å². The van der Waals surface area contributed by atoms with Gasteiger partial charge in [0.25, 0.3) is 0 Å². The fourth-order valence-corrected chi connectivity index (χ4v) is 2.90. The summed E-state index contributed by atoms with van der Waals surface area (Å²) in [5.41, 5.74) is 0.631. The zero-order valence-electron chi connectivity index (χ0n) is 23.3. The summed E-state index contributed by atoms with van der Waals surface area (Å²) in [6.07, 6.45) is 0.287. The molecule has 41 heavy (non-hydrogen) atoms. The van der Waals surface area contributed by atoms with Crippen LogP contribution in [0.5, 0.6) is 11.5 Å². The minimum atomic E-state index is -1.08. The van der Waals surface area contributed by atoms with Crippen molar-refractivity contribution in [1.82, 2.24) is 0 Å². The summed E-state index contributed by atoms with van der Waals surface area (Å²) in [6, 6.07) is 11.0. The molecule has 215 valence electrons. The molecule has 0 N–H and O–H groups in total. The van der Waals surface area contributed by atoms with Crippen molar-refractivity contribution >= 4 is 29.6 Å². The summed E-state index contributed by atoms with van der Waals surface area (Å²) < 4.78 is 50.6. The van der Waals surface area contributed by atoms with Gasteiger partial charge in [0, 0.05) is 60.6 Å². The second-order valence-corrected chi connectivity index (χ2v) is 8.91. The van der Waals surface area contributed by atoms with Crippen LogP contribution < -0.4 is 9.47 Å². The number of hydrogen-bond donors (Lipinski definition) is 0. The number of benzene rings is 2. The van der Waals surface area contributed by atoms with Crippen molar-refractivity contribution in [3.63, 3.8) is 0 Å². The molecule has 0 atom stereocenters. The first-order valence-electron chi connectivity index (χ1n) is 12.1. The maximum absolute atomic E-state index is 14.8. The molecule has 7 nitrogen and oxygen atoms in total. The Morgan fingerprint density at radius 1 is 0.683 bits per heavy atom. The monoisotopic (exact) mass is 642 g/mol. The number of carbonyl (C=O) groups is 3. The molecule has 0 heterocycles. The Hall–Kier alpha value is -3.43. The zero-order valence-corrected chi connectivity index (χ0v) is 26.1. The first-order chi connectivity index (χ1) is 18.9. The van der Waals surface area contributed by atoms with Crippen LogP contribution in [0.25, 0.3) is 11.7 Å². The Labute approximate surface area is 263 Å². The van der Waals surface area contributed by atoms with Crippen molar-refractivity contribution in [3.8, 4) is 11.5 Å². The second-order valence-electron chi connectivity index (χ2n) is 8.91. The van der Waals surface area contributed by atoms with Crippen LogP contribution in [0.15, 0.2) is 85.0 Å². The third-order valence-electron chi connectivity index (χ3n) is 5.20. The van der Waals surface area contributed by atoms with Crippen LogP contribution in [0.3, 0.4) is 0 Å². The molecule has 0 fully saturated rings. The van der Waals surface area contributed by atoms with E-state index < -0.39 is 29.6 Å². The topological polar surface area (TPSA) is 88.1 Å². The van der Waals surface area contributed by atoms with E-state index in [0.717, 1.165) is 0 Å². The summed E-state index contributed by atoms with van der Waals surface area (Å²) >= 11 is 0. The van der Waals surface area contributed by atoms with Crippen molar-refractivity contribution in [3.05, 3.63) is 102 Å². The fraction of sp³-hybridized carbons (Fsp3) is 0.226. The standard InChI is InChI=1S/C31H31F2O7.Y/c1-19(2)29(34)38-17-22(18-39-30(35)20(3)4)15-16-37-25-11-7-23(8-12-25)27(32)28(33)24-9-13-26(14-10-24)40-31(36)21(5)6;/h7-14H,1,3,5,15-18H2,2,4,6H3;/q-1;/b28-27+;. The molecule has 10 heteroatoms. The molecule has 2 aromatic rings. The average Bonchev–Trinajstić information content (AvgIpc) is 2.93. The van der Waals surface area contributed by atoms with Gasteiger partial charge in [-0.3, -0.25) is 0 Å². The first kappa shape index (κ1) is 35.6. The second kappa shape index (κ2) is 17.4. The van der Waals surface area contributed by atoms with Gasteiger partial charge in [0.2, 0.25) is 0 Å². The summed E-state index contributed by atoms with van der Waals surface area (Å²) in [4.78, 5) is 35.0. The van der Waals surface area contributed by atoms with Crippen molar-refractivity contribution in [2.24, 2.45) is 0 Å². The molecule has 2 rings (SSSR count). The average molecular weight is 642 g/mol. The molecule has 0 aliphatic heterocycles. The van der Waals surface area contributed by atoms with E-state index in [0.29, 0.717) is 11.7 Å². The Kier molecular flexibility index (Phi) is 15.1. The molecule has 0 unspecified atom stereocenters. The van der Waals surface area contributed by atoms with E-state index in [4.69, 9.17) is 18.9 Å². The van der Waals surface area contributed by atoms with Gasteiger partial charge in [-0.05, 0) is 82.5 Å². The smallest absolute Gasteiger partial charge is 0.338 e. The molecule has 0 bridgehead atoms. The molecule has 0 amide bonds. The molecule has 0 spiro atoms. The van der Waals surface area contributed by atoms with Crippen molar-refractivity contribution in [2.75, 3.05) is 19.8 Å². The minimum Gasteiger partial charge on any atom is -0.496 e. The third-order valence-corrected chi connectivity index (χ3v) is 5.20. The van der Waals surface area contributed by atoms with Gasteiger partial charge in [-0.1, -0.05) is 19.7 Å². The molecule has 1 radical (unpaired) electrons. The number of carbonyl (C=O) groups excluding carboxylic acids is 3. The van der Waals surface area contributed by atoms with E-state index >= 15 is 0 Å². The predicted molar refractivity (Wildman–Crippen MR) is 147 cm³/mol. The van der Waals surface area contributed by atoms with Gasteiger partial charge < -0.3 is 18.9 Å². The van der Waals surface area contributed by atoms with Crippen LogP contribution in [0.1, 0.15) is 38.3 Å². The SMILES string of the molecule is C=C(C)C(=O)OC[C-](CCOc1ccc(/C(F)=C(\F)c2ccc(OC(=O)C(=C)C)cc2)cc1)COC(=O)C(=C)C.[Y]. The maximum atomic E-state index is 14.8. The van der Waals surface area contributed by atoms with Gasteiger partial charge in [0.1, 0.15) is 11.5 Å². The molecule has 0 saturated heterocycles. The Bertz CT molecular complexity index is 1270. The van der Waals surface area contributed by atoms with E-state index in [1.165, 1.54) is 69.3 Å².